The Balaban J connectivity index is 3.29. The molecule has 0 aromatic heterocycles. The summed E-state index contributed by atoms with van der Waals surface area (Å²) >= 11 is 0. The van der Waals surface area contributed by atoms with Crippen molar-refractivity contribution in [3.8, 4) is 0 Å². The topological polar surface area (TPSA) is 55.5 Å². The zero-order valence-corrected chi connectivity index (χ0v) is 7.89. The molecule has 0 radical (unpaired) electrons. The molecular formula is C8H16F3NO2. The lowest BCUT2D eigenvalue weighted by molar-refractivity contribution is -0.174. The first-order valence-electron chi connectivity index (χ1n) is 4.45. The standard InChI is InChI=1S/C8H16F3NO2/c9-8(10,11)6-14-3-1-2-7(4-12)5-13/h7,13H,1-6,12H2. The third kappa shape index (κ3) is 8.28. The molecule has 0 rings (SSSR count). The van der Waals surface area contributed by atoms with Crippen LogP contribution in [0.5, 0.6) is 0 Å². The van der Waals surface area contributed by atoms with E-state index in [1.807, 2.05) is 0 Å². The Labute approximate surface area is 81.0 Å². The number of rotatable bonds is 7. The fraction of sp³-hybridized carbons (Fsp3) is 1.00. The van der Waals surface area contributed by atoms with Crippen molar-refractivity contribution in [3.63, 3.8) is 0 Å². The van der Waals surface area contributed by atoms with Crippen molar-refractivity contribution in [3.05, 3.63) is 0 Å². The number of hydrogen-bond acceptors (Lipinski definition) is 3. The third-order valence-electron chi connectivity index (χ3n) is 1.76. The van der Waals surface area contributed by atoms with E-state index < -0.39 is 12.8 Å². The highest BCUT2D eigenvalue weighted by atomic mass is 19.4. The summed E-state index contributed by atoms with van der Waals surface area (Å²) < 4.78 is 39.2. The lowest BCUT2D eigenvalue weighted by atomic mass is 10.1. The quantitative estimate of drug-likeness (QED) is 0.621. The molecule has 3 N–H and O–H groups in total. The molecule has 0 aromatic rings. The van der Waals surface area contributed by atoms with Gasteiger partial charge in [0.25, 0.3) is 0 Å². The summed E-state index contributed by atoms with van der Waals surface area (Å²) in [4.78, 5) is 0. The number of halogens is 3. The van der Waals surface area contributed by atoms with Gasteiger partial charge in [-0.2, -0.15) is 13.2 Å². The Morgan fingerprint density at radius 1 is 1.36 bits per heavy atom. The van der Waals surface area contributed by atoms with Gasteiger partial charge in [-0.1, -0.05) is 0 Å². The Morgan fingerprint density at radius 2 is 2.00 bits per heavy atom. The first-order chi connectivity index (χ1) is 6.49. The number of aliphatic hydroxyl groups excluding tert-OH is 1. The summed E-state index contributed by atoms with van der Waals surface area (Å²) in [5.41, 5.74) is 5.29. The zero-order chi connectivity index (χ0) is 11.0. The highest BCUT2D eigenvalue weighted by Gasteiger charge is 2.27. The van der Waals surface area contributed by atoms with Crippen LogP contribution in [0.4, 0.5) is 13.2 Å². The predicted octanol–water partition coefficient (Wildman–Crippen LogP) is 0.913. The fourth-order valence-electron chi connectivity index (χ4n) is 0.946. The van der Waals surface area contributed by atoms with Crippen LogP contribution in [0.1, 0.15) is 12.8 Å². The molecule has 86 valence electrons. The van der Waals surface area contributed by atoms with E-state index in [0.717, 1.165) is 0 Å². The molecule has 1 atom stereocenters. The largest absolute Gasteiger partial charge is 0.411 e. The second-order valence-corrected chi connectivity index (χ2v) is 3.09. The number of ether oxygens (including phenoxy) is 1. The Morgan fingerprint density at radius 3 is 2.43 bits per heavy atom. The lowest BCUT2D eigenvalue weighted by Crippen LogP contribution is -2.20. The molecule has 0 saturated carbocycles. The van der Waals surface area contributed by atoms with Crippen LogP contribution in [0.25, 0.3) is 0 Å². The Bertz CT molecular complexity index is 137. The van der Waals surface area contributed by atoms with Gasteiger partial charge in [-0.3, -0.25) is 0 Å². The smallest absolute Gasteiger partial charge is 0.396 e. The average molecular weight is 215 g/mol. The molecule has 0 fully saturated rings. The summed E-state index contributed by atoms with van der Waals surface area (Å²) in [6.45, 7) is -0.846. The van der Waals surface area contributed by atoms with E-state index in [9.17, 15) is 13.2 Å². The van der Waals surface area contributed by atoms with Crippen LogP contribution in [0, 0.1) is 5.92 Å². The van der Waals surface area contributed by atoms with Crippen LogP contribution in [-0.4, -0.2) is 37.6 Å². The maximum Gasteiger partial charge on any atom is 0.411 e. The van der Waals surface area contributed by atoms with Gasteiger partial charge in [-0.15, -0.1) is 0 Å². The van der Waals surface area contributed by atoms with Gasteiger partial charge in [0.2, 0.25) is 0 Å². The fourth-order valence-corrected chi connectivity index (χ4v) is 0.946. The first-order valence-corrected chi connectivity index (χ1v) is 4.45. The van der Waals surface area contributed by atoms with Gasteiger partial charge in [0, 0.05) is 13.2 Å². The molecule has 1 unspecified atom stereocenters. The second kappa shape index (κ2) is 7.03. The maximum atomic E-state index is 11.6. The highest BCUT2D eigenvalue weighted by molar-refractivity contribution is 4.57. The third-order valence-corrected chi connectivity index (χ3v) is 1.76. The van der Waals surface area contributed by atoms with Crippen LogP contribution in [-0.2, 0) is 4.74 Å². The predicted molar refractivity (Wildman–Crippen MR) is 45.7 cm³/mol. The van der Waals surface area contributed by atoms with Gasteiger partial charge in [0.1, 0.15) is 6.61 Å². The Kier molecular flexibility index (Phi) is 6.86. The van der Waals surface area contributed by atoms with Crippen molar-refractivity contribution in [2.24, 2.45) is 11.7 Å². The SMILES string of the molecule is NCC(CO)CCCOCC(F)(F)F. The molecule has 0 bridgehead atoms. The molecule has 0 saturated heterocycles. The number of aliphatic hydroxyl groups is 1. The van der Waals surface area contributed by atoms with E-state index in [0.29, 0.717) is 19.4 Å². The van der Waals surface area contributed by atoms with Gasteiger partial charge < -0.3 is 15.6 Å². The number of nitrogens with two attached hydrogens (primary N) is 1. The minimum Gasteiger partial charge on any atom is -0.396 e. The van der Waals surface area contributed by atoms with Crippen LogP contribution < -0.4 is 5.73 Å². The number of hydrogen-bond donors (Lipinski definition) is 2. The zero-order valence-electron chi connectivity index (χ0n) is 7.89. The van der Waals surface area contributed by atoms with Gasteiger partial charge in [-0.25, -0.2) is 0 Å². The van der Waals surface area contributed by atoms with E-state index in [4.69, 9.17) is 10.8 Å². The van der Waals surface area contributed by atoms with Crippen molar-refractivity contribution >= 4 is 0 Å². The molecule has 0 aliphatic rings. The molecule has 0 aliphatic heterocycles. The van der Waals surface area contributed by atoms with Gasteiger partial charge in [0.05, 0.1) is 0 Å². The van der Waals surface area contributed by atoms with E-state index in [1.165, 1.54) is 0 Å². The monoisotopic (exact) mass is 215 g/mol. The average Bonchev–Trinajstić information content (AvgIpc) is 2.09. The minimum absolute atomic E-state index is 0.0320. The van der Waals surface area contributed by atoms with Crippen LogP contribution in [0.2, 0.25) is 0 Å². The van der Waals surface area contributed by atoms with E-state index in [2.05, 4.69) is 4.74 Å². The van der Waals surface area contributed by atoms with Gasteiger partial charge >= 0.3 is 6.18 Å². The van der Waals surface area contributed by atoms with Crippen molar-refractivity contribution in [1.82, 2.24) is 0 Å². The van der Waals surface area contributed by atoms with E-state index in [1.54, 1.807) is 0 Å². The normalized spacial score (nSPS) is 14.4. The molecule has 0 spiro atoms. The van der Waals surface area contributed by atoms with Gasteiger partial charge in [-0.05, 0) is 25.3 Å². The molecule has 14 heavy (non-hydrogen) atoms. The van der Waals surface area contributed by atoms with Crippen LogP contribution in [0.15, 0.2) is 0 Å². The van der Waals surface area contributed by atoms with Crippen LogP contribution in [0.3, 0.4) is 0 Å². The summed E-state index contributed by atoms with van der Waals surface area (Å²) in [7, 11) is 0. The molecule has 3 nitrogen and oxygen atoms in total. The molecule has 0 aliphatic carbocycles. The van der Waals surface area contributed by atoms with Crippen molar-refractivity contribution < 1.29 is 23.0 Å². The summed E-state index contributed by atoms with van der Waals surface area (Å²) in [6, 6.07) is 0. The molecule has 6 heteroatoms. The van der Waals surface area contributed by atoms with Crippen LogP contribution >= 0.6 is 0 Å². The summed E-state index contributed by atoms with van der Waals surface area (Å²) in [5, 5.41) is 8.71. The lowest BCUT2D eigenvalue weighted by Gasteiger charge is -2.11. The van der Waals surface area contributed by atoms with Crippen molar-refractivity contribution in [2.75, 3.05) is 26.4 Å². The first kappa shape index (κ1) is 13.7. The van der Waals surface area contributed by atoms with Crippen molar-refractivity contribution in [1.29, 1.82) is 0 Å². The molecule has 0 heterocycles. The van der Waals surface area contributed by atoms with E-state index >= 15 is 0 Å². The summed E-state index contributed by atoms with van der Waals surface area (Å²) in [5.74, 6) is -0.0375. The molecule has 0 aromatic carbocycles. The minimum atomic E-state index is -4.26. The van der Waals surface area contributed by atoms with E-state index in [-0.39, 0.29) is 19.1 Å². The molecular weight excluding hydrogens is 199 g/mol. The van der Waals surface area contributed by atoms with Gasteiger partial charge in [0.15, 0.2) is 0 Å². The number of alkyl halides is 3. The second-order valence-electron chi connectivity index (χ2n) is 3.09. The van der Waals surface area contributed by atoms with Crippen molar-refractivity contribution in [2.45, 2.75) is 19.0 Å². The molecule has 0 amide bonds. The maximum absolute atomic E-state index is 11.6. The summed E-state index contributed by atoms with van der Waals surface area (Å²) in [6.07, 6.45) is -3.19. The Hall–Kier alpha value is -0.330. The highest BCUT2D eigenvalue weighted by Crippen LogP contribution is 2.14.